The molecule has 0 amide bonds. The minimum Gasteiger partial charge on any atom is -0.320 e. The fourth-order valence-corrected chi connectivity index (χ4v) is 2.06. The molecule has 0 aromatic rings. The van der Waals surface area contributed by atoms with Crippen LogP contribution >= 0.6 is 12.4 Å². The molecule has 0 aliphatic rings. The highest BCUT2D eigenvalue weighted by Crippen LogP contribution is 1.94. The molecule has 0 spiro atoms. The number of nitrogens with zero attached hydrogens (tertiary/aromatic N) is 1. The summed E-state index contributed by atoms with van der Waals surface area (Å²) in [5.74, 6) is 0. The van der Waals surface area contributed by atoms with Crippen LogP contribution < -0.4 is 10.0 Å². The minimum absolute atomic E-state index is 0. The molecule has 94 valence electrons. The summed E-state index contributed by atoms with van der Waals surface area (Å²) in [7, 11) is 0.185. The summed E-state index contributed by atoms with van der Waals surface area (Å²) in [6.07, 6.45) is 1.63. The third-order valence-corrected chi connectivity index (χ3v) is 3.41. The largest absolute Gasteiger partial charge is 0.320 e. The predicted octanol–water partition coefficient (Wildman–Crippen LogP) is 0.194. The quantitative estimate of drug-likeness (QED) is 0.612. The van der Waals surface area contributed by atoms with Crippen molar-refractivity contribution in [2.45, 2.75) is 19.8 Å². The van der Waals surface area contributed by atoms with E-state index in [9.17, 15) is 8.42 Å². The van der Waals surface area contributed by atoms with Crippen LogP contribution in [-0.2, 0) is 10.2 Å². The first-order valence-electron chi connectivity index (χ1n) is 4.90. The zero-order valence-corrected chi connectivity index (χ0v) is 11.2. The van der Waals surface area contributed by atoms with Crippen molar-refractivity contribution in [1.82, 2.24) is 14.3 Å². The van der Waals surface area contributed by atoms with E-state index in [1.54, 1.807) is 7.05 Å². The van der Waals surface area contributed by atoms with Gasteiger partial charge in [0.1, 0.15) is 0 Å². The molecule has 5 nitrogen and oxygen atoms in total. The first-order valence-corrected chi connectivity index (χ1v) is 6.34. The Hall–Kier alpha value is 0.120. The van der Waals surface area contributed by atoms with Crippen LogP contribution in [0.25, 0.3) is 0 Å². The van der Waals surface area contributed by atoms with Gasteiger partial charge in [-0.2, -0.15) is 12.7 Å². The molecular formula is C8H22ClN3O2S. The maximum Gasteiger partial charge on any atom is 0.279 e. The number of halogens is 1. The Morgan fingerprint density at radius 1 is 1.27 bits per heavy atom. The third-order valence-electron chi connectivity index (χ3n) is 1.84. The Balaban J connectivity index is 0. The highest BCUT2D eigenvalue weighted by molar-refractivity contribution is 7.87. The zero-order valence-electron chi connectivity index (χ0n) is 9.62. The molecule has 0 fully saturated rings. The lowest BCUT2D eigenvalue weighted by Gasteiger charge is -2.16. The minimum atomic E-state index is -3.25. The smallest absolute Gasteiger partial charge is 0.279 e. The summed E-state index contributed by atoms with van der Waals surface area (Å²) in [5.41, 5.74) is 0. The van der Waals surface area contributed by atoms with Crippen molar-refractivity contribution >= 4 is 22.6 Å². The van der Waals surface area contributed by atoms with Gasteiger partial charge in [0.25, 0.3) is 10.2 Å². The highest BCUT2D eigenvalue weighted by atomic mass is 35.5. The molecule has 0 heterocycles. The Morgan fingerprint density at radius 2 is 1.87 bits per heavy atom. The highest BCUT2D eigenvalue weighted by Gasteiger charge is 2.14. The summed E-state index contributed by atoms with van der Waals surface area (Å²) in [6.45, 7) is 3.81. The van der Waals surface area contributed by atoms with Gasteiger partial charge in [0.2, 0.25) is 0 Å². The van der Waals surface area contributed by atoms with Gasteiger partial charge in [0, 0.05) is 20.1 Å². The topological polar surface area (TPSA) is 61.4 Å². The van der Waals surface area contributed by atoms with Crippen molar-refractivity contribution in [3.05, 3.63) is 0 Å². The Bertz CT molecular complexity index is 234. The first-order chi connectivity index (χ1) is 6.54. The molecule has 0 atom stereocenters. The second-order valence-electron chi connectivity index (χ2n) is 3.18. The van der Waals surface area contributed by atoms with Gasteiger partial charge in [-0.15, -0.1) is 12.4 Å². The molecule has 0 radical (unpaired) electrons. The monoisotopic (exact) mass is 259 g/mol. The third kappa shape index (κ3) is 7.98. The van der Waals surface area contributed by atoms with Crippen LogP contribution in [0, 0.1) is 0 Å². The predicted molar refractivity (Wildman–Crippen MR) is 65.6 cm³/mol. The molecule has 0 saturated heterocycles. The van der Waals surface area contributed by atoms with Crippen LogP contribution in [0.15, 0.2) is 0 Å². The molecule has 0 saturated carbocycles. The summed E-state index contributed by atoms with van der Waals surface area (Å²) in [5, 5.41) is 2.96. The van der Waals surface area contributed by atoms with Crippen LogP contribution in [0.2, 0.25) is 0 Å². The lowest BCUT2D eigenvalue weighted by molar-refractivity contribution is 0.456. The van der Waals surface area contributed by atoms with Gasteiger partial charge in [0.05, 0.1) is 0 Å². The molecule has 0 aromatic heterocycles. The van der Waals surface area contributed by atoms with Crippen molar-refractivity contribution in [2.24, 2.45) is 0 Å². The van der Waals surface area contributed by atoms with E-state index in [0.29, 0.717) is 13.1 Å². The maximum atomic E-state index is 11.5. The standard InChI is InChI=1S/C8H21N3O2S.ClH/c1-4-8-11(3)14(12,13)10-7-5-6-9-2;/h9-10H,4-8H2,1-3H3;1H. The van der Waals surface area contributed by atoms with E-state index in [1.807, 2.05) is 14.0 Å². The molecule has 0 unspecified atom stereocenters. The number of nitrogens with one attached hydrogen (secondary N) is 2. The van der Waals surface area contributed by atoms with Gasteiger partial charge in [-0.25, -0.2) is 4.72 Å². The maximum absolute atomic E-state index is 11.5. The molecule has 0 aliphatic heterocycles. The molecule has 7 heteroatoms. The molecule has 0 aromatic carbocycles. The molecular weight excluding hydrogens is 238 g/mol. The summed E-state index contributed by atoms with van der Waals surface area (Å²) >= 11 is 0. The van der Waals surface area contributed by atoms with E-state index >= 15 is 0 Å². The molecule has 0 rings (SSSR count). The Kier molecular flexibility index (Phi) is 10.9. The van der Waals surface area contributed by atoms with Crippen LogP contribution in [0.4, 0.5) is 0 Å². The van der Waals surface area contributed by atoms with Crippen molar-refractivity contribution in [2.75, 3.05) is 33.7 Å². The average molecular weight is 260 g/mol. The van der Waals surface area contributed by atoms with Gasteiger partial charge in [-0.05, 0) is 26.4 Å². The van der Waals surface area contributed by atoms with Crippen molar-refractivity contribution in [1.29, 1.82) is 0 Å². The average Bonchev–Trinajstić information content (AvgIpc) is 2.13. The lowest BCUT2D eigenvalue weighted by atomic mass is 10.4. The summed E-state index contributed by atoms with van der Waals surface area (Å²) < 4.78 is 26.8. The second-order valence-corrected chi connectivity index (χ2v) is 5.04. The normalized spacial score (nSPS) is 11.5. The first kappa shape index (κ1) is 17.5. The van der Waals surface area contributed by atoms with E-state index in [-0.39, 0.29) is 12.4 Å². The van der Waals surface area contributed by atoms with E-state index in [2.05, 4.69) is 10.0 Å². The van der Waals surface area contributed by atoms with E-state index < -0.39 is 10.2 Å². The molecule has 15 heavy (non-hydrogen) atoms. The summed E-state index contributed by atoms with van der Waals surface area (Å²) in [4.78, 5) is 0. The summed E-state index contributed by atoms with van der Waals surface area (Å²) in [6, 6.07) is 0. The SMILES string of the molecule is CCCN(C)S(=O)(=O)NCCCNC.Cl. The number of rotatable bonds is 8. The molecule has 2 N–H and O–H groups in total. The van der Waals surface area contributed by atoms with Gasteiger partial charge >= 0.3 is 0 Å². The van der Waals surface area contributed by atoms with Gasteiger partial charge < -0.3 is 5.32 Å². The molecule has 0 aliphatic carbocycles. The van der Waals surface area contributed by atoms with E-state index in [0.717, 1.165) is 19.4 Å². The fourth-order valence-electron chi connectivity index (χ4n) is 1.01. The number of hydrogen-bond donors (Lipinski definition) is 2. The van der Waals surface area contributed by atoms with Crippen molar-refractivity contribution in [3.8, 4) is 0 Å². The zero-order chi connectivity index (χ0) is 11.0. The van der Waals surface area contributed by atoms with Crippen molar-refractivity contribution < 1.29 is 8.42 Å². The fraction of sp³-hybridized carbons (Fsp3) is 1.00. The van der Waals surface area contributed by atoms with E-state index in [1.165, 1.54) is 4.31 Å². The Morgan fingerprint density at radius 3 is 2.33 bits per heavy atom. The van der Waals surface area contributed by atoms with Gasteiger partial charge in [-0.3, -0.25) is 0 Å². The van der Waals surface area contributed by atoms with Crippen molar-refractivity contribution in [3.63, 3.8) is 0 Å². The van der Waals surface area contributed by atoms with E-state index in [4.69, 9.17) is 0 Å². The van der Waals surface area contributed by atoms with Crippen LogP contribution in [0.1, 0.15) is 19.8 Å². The Labute approximate surface area is 99.2 Å². The van der Waals surface area contributed by atoms with Gasteiger partial charge in [-0.1, -0.05) is 6.92 Å². The lowest BCUT2D eigenvalue weighted by Crippen LogP contribution is -2.39. The van der Waals surface area contributed by atoms with Crippen LogP contribution in [-0.4, -0.2) is 46.5 Å². The molecule has 0 bridgehead atoms. The number of hydrogen-bond acceptors (Lipinski definition) is 3. The van der Waals surface area contributed by atoms with Crippen LogP contribution in [0.3, 0.4) is 0 Å². The van der Waals surface area contributed by atoms with Crippen LogP contribution in [0.5, 0.6) is 0 Å². The van der Waals surface area contributed by atoms with Gasteiger partial charge in [0.15, 0.2) is 0 Å². The second kappa shape index (κ2) is 9.35.